The average molecular weight is 263 g/mol. The van der Waals surface area contributed by atoms with E-state index in [0.29, 0.717) is 13.2 Å². The normalized spacial score (nSPS) is 16.1. The van der Waals surface area contributed by atoms with Gasteiger partial charge < -0.3 is 15.8 Å². The molecule has 0 aromatic heterocycles. The Morgan fingerprint density at radius 1 is 1.47 bits per heavy atom. The lowest BCUT2D eigenvalue weighted by Gasteiger charge is -2.17. The van der Waals surface area contributed by atoms with Crippen molar-refractivity contribution in [2.24, 2.45) is 0 Å². The maximum atomic E-state index is 11.9. The molecule has 104 valence electrons. The number of amides is 1. The Labute approximate surface area is 113 Å². The van der Waals surface area contributed by atoms with Gasteiger partial charge >= 0.3 is 0 Å². The van der Waals surface area contributed by atoms with E-state index in [1.807, 2.05) is 25.1 Å². The highest BCUT2D eigenvalue weighted by atomic mass is 16.5. The van der Waals surface area contributed by atoms with Crippen LogP contribution in [-0.2, 0) is 22.6 Å². The zero-order valence-corrected chi connectivity index (χ0v) is 11.5. The van der Waals surface area contributed by atoms with Crippen LogP contribution in [-0.4, -0.2) is 37.1 Å². The summed E-state index contributed by atoms with van der Waals surface area (Å²) in [5, 5.41) is 2.92. The second kappa shape index (κ2) is 6.04. The van der Waals surface area contributed by atoms with Gasteiger partial charge in [0.05, 0.1) is 13.2 Å². The van der Waals surface area contributed by atoms with Gasteiger partial charge in [-0.25, -0.2) is 0 Å². The zero-order valence-electron chi connectivity index (χ0n) is 11.5. The highest BCUT2D eigenvalue weighted by Crippen LogP contribution is 2.24. The van der Waals surface area contributed by atoms with Crippen LogP contribution in [0.2, 0.25) is 0 Å². The maximum Gasteiger partial charge on any atom is 0.234 e. The average Bonchev–Trinajstić information content (AvgIpc) is 2.70. The van der Waals surface area contributed by atoms with Crippen molar-refractivity contribution in [1.82, 2.24) is 10.2 Å². The quantitative estimate of drug-likeness (QED) is 0.769. The fourth-order valence-electron chi connectivity index (χ4n) is 2.41. The van der Waals surface area contributed by atoms with Gasteiger partial charge in [0.1, 0.15) is 0 Å². The second-order valence-electron chi connectivity index (χ2n) is 5.10. The Kier molecular flexibility index (Phi) is 4.39. The Bertz CT molecular complexity index is 462. The van der Waals surface area contributed by atoms with Gasteiger partial charge in [0.25, 0.3) is 0 Å². The van der Waals surface area contributed by atoms with Crippen LogP contribution in [0.1, 0.15) is 18.1 Å². The van der Waals surface area contributed by atoms with Crippen LogP contribution in [0.5, 0.6) is 0 Å². The highest BCUT2D eigenvalue weighted by Gasteiger charge is 2.21. The van der Waals surface area contributed by atoms with E-state index in [-0.39, 0.29) is 11.9 Å². The maximum absolute atomic E-state index is 11.9. The van der Waals surface area contributed by atoms with E-state index >= 15 is 0 Å². The van der Waals surface area contributed by atoms with Crippen molar-refractivity contribution in [3.63, 3.8) is 0 Å². The minimum atomic E-state index is 0.0327. The minimum absolute atomic E-state index is 0.0327. The molecule has 1 atom stereocenters. The van der Waals surface area contributed by atoms with Gasteiger partial charge in [-0.15, -0.1) is 0 Å². The molecule has 2 rings (SSSR count). The Balaban J connectivity index is 1.85. The molecule has 3 N–H and O–H groups in total. The fourth-order valence-corrected chi connectivity index (χ4v) is 2.41. The number of nitrogens with two attached hydrogens (primary N) is 1. The topological polar surface area (TPSA) is 67.6 Å². The van der Waals surface area contributed by atoms with Gasteiger partial charge in [-0.05, 0) is 30.2 Å². The molecule has 1 aromatic rings. The van der Waals surface area contributed by atoms with Crippen LogP contribution in [0, 0.1) is 0 Å². The number of nitrogens with one attached hydrogen (secondary N) is 1. The van der Waals surface area contributed by atoms with Crippen LogP contribution in [0.25, 0.3) is 0 Å². The molecule has 0 aliphatic carbocycles. The smallest absolute Gasteiger partial charge is 0.234 e. The van der Waals surface area contributed by atoms with Crippen LogP contribution in [0.3, 0.4) is 0 Å². The first-order valence-corrected chi connectivity index (χ1v) is 6.46. The molecule has 1 aliphatic heterocycles. The van der Waals surface area contributed by atoms with Gasteiger partial charge in [-0.1, -0.05) is 6.07 Å². The van der Waals surface area contributed by atoms with Gasteiger partial charge in [0.2, 0.25) is 5.91 Å². The molecule has 0 saturated carbocycles. The number of ether oxygens (including phenoxy) is 1. The molecule has 1 heterocycles. The molecule has 1 aromatic carbocycles. The standard InChI is InChI=1S/C14H21N3O2/c1-10(9-19-2)16-14(18)8-17-6-11-3-4-13(15)5-12(11)7-17/h3-5,10H,6-9,15H2,1-2H3,(H,16,18). The van der Waals surface area contributed by atoms with Crippen LogP contribution in [0.15, 0.2) is 18.2 Å². The van der Waals surface area contributed by atoms with Crippen molar-refractivity contribution in [3.05, 3.63) is 29.3 Å². The number of methoxy groups -OCH3 is 1. The monoisotopic (exact) mass is 263 g/mol. The van der Waals surface area contributed by atoms with Gasteiger partial charge in [-0.2, -0.15) is 0 Å². The molecule has 0 fully saturated rings. The number of carbonyl (C=O) groups excluding carboxylic acids is 1. The number of rotatable bonds is 5. The summed E-state index contributed by atoms with van der Waals surface area (Å²) in [4.78, 5) is 14.0. The molecule has 5 nitrogen and oxygen atoms in total. The zero-order chi connectivity index (χ0) is 13.8. The third-order valence-corrected chi connectivity index (χ3v) is 3.21. The fraction of sp³-hybridized carbons (Fsp3) is 0.500. The largest absolute Gasteiger partial charge is 0.399 e. The highest BCUT2D eigenvalue weighted by molar-refractivity contribution is 5.78. The lowest BCUT2D eigenvalue weighted by atomic mass is 10.1. The number of benzene rings is 1. The van der Waals surface area contributed by atoms with Crippen molar-refractivity contribution >= 4 is 11.6 Å². The Morgan fingerprint density at radius 3 is 2.95 bits per heavy atom. The molecule has 0 saturated heterocycles. The van der Waals surface area contributed by atoms with Gasteiger partial charge in [-0.3, -0.25) is 9.69 Å². The van der Waals surface area contributed by atoms with Crippen LogP contribution < -0.4 is 11.1 Å². The van der Waals surface area contributed by atoms with E-state index in [9.17, 15) is 4.79 Å². The number of anilines is 1. The second-order valence-corrected chi connectivity index (χ2v) is 5.10. The summed E-state index contributed by atoms with van der Waals surface area (Å²) >= 11 is 0. The van der Waals surface area contributed by atoms with E-state index in [1.165, 1.54) is 11.1 Å². The summed E-state index contributed by atoms with van der Waals surface area (Å²) in [6.45, 7) is 4.46. The van der Waals surface area contributed by atoms with Crippen molar-refractivity contribution in [1.29, 1.82) is 0 Å². The van der Waals surface area contributed by atoms with E-state index in [1.54, 1.807) is 7.11 Å². The summed E-state index contributed by atoms with van der Waals surface area (Å²) in [5.74, 6) is 0.0327. The Morgan fingerprint density at radius 2 is 2.21 bits per heavy atom. The summed E-state index contributed by atoms with van der Waals surface area (Å²) < 4.78 is 5.00. The van der Waals surface area contributed by atoms with Crippen LogP contribution in [0.4, 0.5) is 5.69 Å². The number of fused-ring (bicyclic) bond motifs is 1. The third-order valence-electron chi connectivity index (χ3n) is 3.21. The van der Waals surface area contributed by atoms with Crippen molar-refractivity contribution < 1.29 is 9.53 Å². The van der Waals surface area contributed by atoms with Crippen molar-refractivity contribution in [3.8, 4) is 0 Å². The van der Waals surface area contributed by atoms with E-state index in [0.717, 1.165) is 18.8 Å². The van der Waals surface area contributed by atoms with Crippen LogP contribution >= 0.6 is 0 Å². The van der Waals surface area contributed by atoms with Crippen molar-refractivity contribution in [2.75, 3.05) is 26.0 Å². The summed E-state index contributed by atoms with van der Waals surface area (Å²) in [5.41, 5.74) is 9.02. The summed E-state index contributed by atoms with van der Waals surface area (Å²) in [6, 6.07) is 5.97. The van der Waals surface area contributed by atoms with Gasteiger partial charge in [0, 0.05) is 31.9 Å². The summed E-state index contributed by atoms with van der Waals surface area (Å²) in [7, 11) is 1.63. The molecule has 0 bridgehead atoms. The minimum Gasteiger partial charge on any atom is -0.399 e. The lowest BCUT2D eigenvalue weighted by molar-refractivity contribution is -0.123. The molecule has 1 aliphatic rings. The molecule has 1 amide bonds. The molecular weight excluding hydrogens is 242 g/mol. The van der Waals surface area contributed by atoms with Crippen molar-refractivity contribution in [2.45, 2.75) is 26.1 Å². The summed E-state index contributed by atoms with van der Waals surface area (Å²) in [6.07, 6.45) is 0. The lowest BCUT2D eigenvalue weighted by Crippen LogP contribution is -2.41. The first-order chi connectivity index (χ1) is 9.08. The number of carbonyl (C=O) groups is 1. The number of nitrogens with zero attached hydrogens (tertiary/aromatic N) is 1. The molecular formula is C14H21N3O2. The first kappa shape index (κ1) is 13.8. The predicted octanol–water partition coefficient (Wildman–Crippen LogP) is 0.736. The molecule has 0 radical (unpaired) electrons. The van der Waals surface area contributed by atoms with E-state index < -0.39 is 0 Å². The predicted molar refractivity (Wildman–Crippen MR) is 74.4 cm³/mol. The third kappa shape index (κ3) is 3.68. The van der Waals surface area contributed by atoms with Gasteiger partial charge in [0.15, 0.2) is 0 Å². The SMILES string of the molecule is COCC(C)NC(=O)CN1Cc2ccc(N)cc2C1. The Hall–Kier alpha value is -1.59. The van der Waals surface area contributed by atoms with E-state index in [2.05, 4.69) is 10.2 Å². The molecule has 5 heteroatoms. The van der Waals surface area contributed by atoms with E-state index in [4.69, 9.17) is 10.5 Å². The molecule has 19 heavy (non-hydrogen) atoms. The molecule has 1 unspecified atom stereocenters. The number of nitrogen functional groups attached to an aromatic ring is 1. The molecule has 0 spiro atoms. The number of hydrogen-bond acceptors (Lipinski definition) is 4. The first-order valence-electron chi connectivity index (χ1n) is 6.46. The number of hydrogen-bond donors (Lipinski definition) is 2.